The van der Waals surface area contributed by atoms with Gasteiger partial charge in [0.15, 0.2) is 5.13 Å². The van der Waals surface area contributed by atoms with Crippen LogP contribution in [0.1, 0.15) is 5.56 Å². The molecule has 0 amide bonds. The van der Waals surface area contributed by atoms with Crippen LogP contribution in [0.3, 0.4) is 0 Å². The molecule has 0 fully saturated rings. The summed E-state index contributed by atoms with van der Waals surface area (Å²) in [5.74, 6) is 1.43. The molecule has 0 bridgehead atoms. The molecule has 0 spiro atoms. The van der Waals surface area contributed by atoms with Gasteiger partial charge in [-0.25, -0.2) is 9.97 Å². The highest BCUT2D eigenvalue weighted by Crippen LogP contribution is 2.32. The number of nitrogens with zero attached hydrogens (tertiary/aromatic N) is 3. The number of benzene rings is 2. The fraction of sp³-hybridized carbons (Fsp3) is 0.105. The molecule has 0 aliphatic rings. The summed E-state index contributed by atoms with van der Waals surface area (Å²) in [6.45, 7) is 0.623. The van der Waals surface area contributed by atoms with Crippen molar-refractivity contribution in [2.75, 3.05) is 17.7 Å². The zero-order valence-corrected chi connectivity index (χ0v) is 16.0. The van der Waals surface area contributed by atoms with E-state index in [9.17, 15) is 0 Å². The number of ether oxygens (including phenoxy) is 1. The van der Waals surface area contributed by atoms with Gasteiger partial charge in [0.2, 0.25) is 0 Å². The number of hydrogen-bond acceptors (Lipinski definition) is 7. The number of halogens is 1. The van der Waals surface area contributed by atoms with Gasteiger partial charge >= 0.3 is 0 Å². The average molecular weight is 398 g/mol. The number of fused-ring (bicyclic) bond motifs is 1. The fourth-order valence-corrected chi connectivity index (χ4v) is 3.70. The Balaban J connectivity index is 1.51. The van der Waals surface area contributed by atoms with Gasteiger partial charge < -0.3 is 15.4 Å². The van der Waals surface area contributed by atoms with Gasteiger partial charge in [0.25, 0.3) is 0 Å². The summed E-state index contributed by atoms with van der Waals surface area (Å²) in [6, 6.07) is 13.9. The molecule has 4 aromatic rings. The summed E-state index contributed by atoms with van der Waals surface area (Å²) in [5.41, 5.74) is 2.96. The molecule has 0 unspecified atom stereocenters. The van der Waals surface area contributed by atoms with Crippen molar-refractivity contribution in [2.45, 2.75) is 6.54 Å². The molecule has 2 aromatic carbocycles. The van der Waals surface area contributed by atoms with Crippen LogP contribution in [0.5, 0.6) is 5.75 Å². The van der Waals surface area contributed by atoms with Gasteiger partial charge in [0.1, 0.15) is 16.7 Å². The first-order valence-electron chi connectivity index (χ1n) is 8.22. The molecular weight excluding hydrogens is 382 g/mol. The van der Waals surface area contributed by atoms with Crippen LogP contribution in [0.15, 0.2) is 54.9 Å². The van der Waals surface area contributed by atoms with Crippen molar-refractivity contribution in [3.05, 3.63) is 65.6 Å². The highest BCUT2D eigenvalue weighted by molar-refractivity contribution is 7.22. The third-order valence-corrected chi connectivity index (χ3v) is 5.00. The molecule has 6 nitrogen and oxygen atoms in total. The lowest BCUT2D eigenvalue weighted by atomic mass is 10.2. The molecule has 0 atom stereocenters. The predicted molar refractivity (Wildman–Crippen MR) is 110 cm³/mol. The van der Waals surface area contributed by atoms with Crippen molar-refractivity contribution >= 4 is 49.8 Å². The Kier molecular flexibility index (Phi) is 5.04. The van der Waals surface area contributed by atoms with Crippen LogP contribution in [0.25, 0.3) is 10.2 Å². The highest BCUT2D eigenvalue weighted by atomic mass is 35.5. The Morgan fingerprint density at radius 3 is 2.85 bits per heavy atom. The van der Waals surface area contributed by atoms with Gasteiger partial charge in [-0.2, -0.15) is 0 Å². The molecule has 0 aliphatic heterocycles. The summed E-state index contributed by atoms with van der Waals surface area (Å²) in [4.78, 5) is 12.8. The van der Waals surface area contributed by atoms with Crippen LogP contribution in [0.4, 0.5) is 16.6 Å². The van der Waals surface area contributed by atoms with E-state index < -0.39 is 0 Å². The van der Waals surface area contributed by atoms with E-state index >= 15 is 0 Å². The van der Waals surface area contributed by atoms with Gasteiger partial charge in [-0.15, -0.1) is 0 Å². The zero-order valence-electron chi connectivity index (χ0n) is 14.4. The highest BCUT2D eigenvalue weighted by Gasteiger charge is 2.08. The van der Waals surface area contributed by atoms with Gasteiger partial charge in [-0.05, 0) is 29.8 Å². The SMILES string of the molecule is COc1ccccc1Nc1nc2ccc(CNc3cncc(Cl)n3)cc2s1. The van der Waals surface area contributed by atoms with Gasteiger partial charge in [0.05, 0.1) is 35.4 Å². The van der Waals surface area contributed by atoms with E-state index in [0.29, 0.717) is 17.5 Å². The first kappa shape index (κ1) is 17.5. The third-order valence-electron chi connectivity index (χ3n) is 3.88. The number of para-hydroxylation sites is 2. The summed E-state index contributed by atoms with van der Waals surface area (Å²) in [7, 11) is 1.66. The van der Waals surface area contributed by atoms with Crippen molar-refractivity contribution in [1.29, 1.82) is 0 Å². The molecule has 2 N–H and O–H groups in total. The minimum atomic E-state index is 0.366. The molecule has 0 radical (unpaired) electrons. The monoisotopic (exact) mass is 397 g/mol. The standard InChI is InChI=1S/C19H16ClN5OS/c1-26-15-5-3-2-4-13(15)23-19-24-14-7-6-12(8-16(14)27-19)9-22-18-11-21-10-17(20)25-18/h2-8,10-11H,9H2,1H3,(H,22,25)(H,23,24). The van der Waals surface area contributed by atoms with Crippen molar-refractivity contribution in [2.24, 2.45) is 0 Å². The molecular formula is C19H16ClN5OS. The maximum absolute atomic E-state index is 5.86. The molecule has 27 heavy (non-hydrogen) atoms. The quantitative estimate of drug-likeness (QED) is 0.471. The third kappa shape index (κ3) is 4.10. The molecule has 4 rings (SSSR count). The van der Waals surface area contributed by atoms with Gasteiger partial charge in [0, 0.05) is 6.54 Å². The zero-order chi connectivity index (χ0) is 18.6. The lowest BCUT2D eigenvalue weighted by Gasteiger charge is -2.07. The molecule has 0 aliphatic carbocycles. The Hall–Kier alpha value is -2.90. The molecule has 2 heterocycles. The van der Waals surface area contributed by atoms with Crippen molar-refractivity contribution in [1.82, 2.24) is 15.0 Å². The molecule has 0 saturated carbocycles. The van der Waals surface area contributed by atoms with Crippen molar-refractivity contribution < 1.29 is 4.74 Å². The van der Waals surface area contributed by atoms with Crippen LogP contribution in [0.2, 0.25) is 5.15 Å². The van der Waals surface area contributed by atoms with E-state index in [-0.39, 0.29) is 0 Å². The Morgan fingerprint density at radius 1 is 1.11 bits per heavy atom. The number of aromatic nitrogens is 3. The fourth-order valence-electron chi connectivity index (χ4n) is 2.62. The maximum atomic E-state index is 5.86. The normalized spacial score (nSPS) is 10.7. The van der Waals surface area contributed by atoms with Crippen LogP contribution < -0.4 is 15.4 Å². The van der Waals surface area contributed by atoms with Crippen molar-refractivity contribution in [3.63, 3.8) is 0 Å². The van der Waals surface area contributed by atoms with Crippen molar-refractivity contribution in [3.8, 4) is 5.75 Å². The van der Waals surface area contributed by atoms with E-state index in [1.54, 1.807) is 24.6 Å². The summed E-state index contributed by atoms with van der Waals surface area (Å²) in [5, 5.41) is 7.74. The Bertz CT molecular complexity index is 1080. The summed E-state index contributed by atoms with van der Waals surface area (Å²) >= 11 is 7.45. The maximum Gasteiger partial charge on any atom is 0.188 e. The first-order valence-corrected chi connectivity index (χ1v) is 9.41. The average Bonchev–Trinajstić information content (AvgIpc) is 3.08. The number of anilines is 3. The first-order chi connectivity index (χ1) is 13.2. The smallest absolute Gasteiger partial charge is 0.188 e. The molecule has 8 heteroatoms. The van der Waals surface area contributed by atoms with Crippen LogP contribution in [-0.4, -0.2) is 22.1 Å². The number of rotatable bonds is 6. The number of thiazole rings is 1. The second-order valence-corrected chi connectivity index (χ2v) is 7.14. The second-order valence-electron chi connectivity index (χ2n) is 5.73. The molecule has 2 aromatic heterocycles. The topological polar surface area (TPSA) is 72.0 Å². The lowest BCUT2D eigenvalue weighted by Crippen LogP contribution is -2.01. The van der Waals surface area contributed by atoms with Crippen LogP contribution in [-0.2, 0) is 6.54 Å². The minimum Gasteiger partial charge on any atom is -0.495 e. The van der Waals surface area contributed by atoms with Gasteiger partial charge in [-0.3, -0.25) is 4.98 Å². The largest absolute Gasteiger partial charge is 0.495 e. The second kappa shape index (κ2) is 7.77. The van der Waals surface area contributed by atoms with E-state index in [1.165, 1.54) is 6.20 Å². The van der Waals surface area contributed by atoms with E-state index in [0.717, 1.165) is 32.3 Å². The van der Waals surface area contributed by atoms with E-state index in [1.807, 2.05) is 36.4 Å². The number of methoxy groups -OCH3 is 1. The van der Waals surface area contributed by atoms with Crippen LogP contribution in [0, 0.1) is 0 Å². The Morgan fingerprint density at radius 2 is 2.00 bits per heavy atom. The molecule has 136 valence electrons. The predicted octanol–water partition coefficient (Wildman–Crippen LogP) is 5.10. The van der Waals surface area contributed by atoms with Crippen LogP contribution >= 0.6 is 22.9 Å². The summed E-state index contributed by atoms with van der Waals surface area (Å²) in [6.07, 6.45) is 3.15. The summed E-state index contributed by atoms with van der Waals surface area (Å²) < 4.78 is 6.48. The number of nitrogens with one attached hydrogen (secondary N) is 2. The molecule has 0 saturated heterocycles. The van der Waals surface area contributed by atoms with E-state index in [2.05, 4.69) is 31.7 Å². The van der Waals surface area contributed by atoms with E-state index in [4.69, 9.17) is 16.3 Å². The van der Waals surface area contributed by atoms with Gasteiger partial charge in [-0.1, -0.05) is 41.1 Å². The number of hydrogen-bond donors (Lipinski definition) is 2. The Labute approximate surface area is 165 Å². The minimum absolute atomic E-state index is 0.366. The lowest BCUT2D eigenvalue weighted by molar-refractivity contribution is 0.417.